The van der Waals surface area contributed by atoms with Crippen molar-refractivity contribution in [3.63, 3.8) is 0 Å². The molecule has 1 aromatic carbocycles. The summed E-state index contributed by atoms with van der Waals surface area (Å²) in [5, 5.41) is 18.6. The molecule has 0 radical (unpaired) electrons. The van der Waals surface area contributed by atoms with E-state index in [1.54, 1.807) is 12.3 Å². The van der Waals surface area contributed by atoms with E-state index in [4.69, 9.17) is 0 Å². The average molecular weight is 290 g/mol. The number of carbonyl (C=O) groups excluding carboxylic acids is 1. The molecule has 0 unspecified atom stereocenters. The van der Waals surface area contributed by atoms with Crippen LogP contribution in [0.1, 0.15) is 26.7 Å². The van der Waals surface area contributed by atoms with Gasteiger partial charge in [0.2, 0.25) is 5.91 Å². The molecule has 0 aliphatic rings. The Morgan fingerprint density at radius 1 is 1.43 bits per heavy atom. The number of carbonyl (C=O) groups is 1. The van der Waals surface area contributed by atoms with E-state index in [0.29, 0.717) is 5.52 Å². The highest BCUT2D eigenvalue weighted by Gasteiger charge is 2.13. The highest BCUT2D eigenvalue weighted by molar-refractivity contribution is 5.83. The summed E-state index contributed by atoms with van der Waals surface area (Å²) in [7, 11) is 0. The first-order chi connectivity index (χ1) is 10.0. The molecule has 2 aromatic rings. The van der Waals surface area contributed by atoms with Gasteiger partial charge in [-0.05, 0) is 18.9 Å². The first-order valence-corrected chi connectivity index (χ1v) is 6.94. The Labute approximate surface area is 122 Å². The molecule has 112 valence electrons. The van der Waals surface area contributed by atoms with Crippen molar-refractivity contribution < 1.29 is 9.72 Å². The molecule has 0 bridgehead atoms. The van der Waals surface area contributed by atoms with Crippen LogP contribution in [0.4, 0.5) is 5.69 Å². The number of nitrogens with zero attached hydrogens (tertiary/aromatic N) is 3. The molecule has 7 heteroatoms. The molecule has 2 rings (SSSR count). The average Bonchev–Trinajstić information content (AvgIpc) is 2.87. The SMILES string of the molecule is CCC(CC)NC(=O)Cn1ncc2ccc([N+](=O)[O-])cc21. The van der Waals surface area contributed by atoms with Crippen LogP contribution in [-0.4, -0.2) is 26.7 Å². The van der Waals surface area contributed by atoms with Crippen LogP contribution in [0.15, 0.2) is 24.4 Å². The quantitative estimate of drug-likeness (QED) is 0.652. The van der Waals surface area contributed by atoms with Gasteiger partial charge in [0.15, 0.2) is 0 Å². The van der Waals surface area contributed by atoms with Gasteiger partial charge < -0.3 is 5.32 Å². The van der Waals surface area contributed by atoms with Gasteiger partial charge in [-0.1, -0.05) is 13.8 Å². The van der Waals surface area contributed by atoms with Gasteiger partial charge in [-0.25, -0.2) is 0 Å². The molecule has 1 aromatic heterocycles. The van der Waals surface area contributed by atoms with Crippen molar-refractivity contribution in [2.75, 3.05) is 0 Å². The molecule has 0 aliphatic heterocycles. The lowest BCUT2D eigenvalue weighted by molar-refractivity contribution is -0.384. The lowest BCUT2D eigenvalue weighted by Crippen LogP contribution is -2.36. The van der Waals surface area contributed by atoms with E-state index in [2.05, 4.69) is 10.4 Å². The summed E-state index contributed by atoms with van der Waals surface area (Å²) in [5.74, 6) is -0.139. The summed E-state index contributed by atoms with van der Waals surface area (Å²) >= 11 is 0. The molecule has 0 saturated carbocycles. The van der Waals surface area contributed by atoms with Crippen LogP contribution in [0.3, 0.4) is 0 Å². The Morgan fingerprint density at radius 3 is 2.76 bits per heavy atom. The zero-order valence-electron chi connectivity index (χ0n) is 12.1. The van der Waals surface area contributed by atoms with Crippen LogP contribution in [0, 0.1) is 10.1 Å². The summed E-state index contributed by atoms with van der Waals surface area (Å²) in [6.45, 7) is 4.09. The molecule has 1 N–H and O–H groups in total. The van der Waals surface area contributed by atoms with E-state index in [1.807, 2.05) is 13.8 Å². The number of rotatable bonds is 6. The first kappa shape index (κ1) is 15.0. The van der Waals surface area contributed by atoms with Gasteiger partial charge in [-0.3, -0.25) is 19.6 Å². The van der Waals surface area contributed by atoms with E-state index >= 15 is 0 Å². The lowest BCUT2D eigenvalue weighted by Gasteiger charge is -2.14. The predicted molar refractivity (Wildman–Crippen MR) is 78.9 cm³/mol. The maximum Gasteiger partial charge on any atom is 0.271 e. The number of amides is 1. The molecule has 0 aliphatic carbocycles. The molecule has 21 heavy (non-hydrogen) atoms. The first-order valence-electron chi connectivity index (χ1n) is 6.94. The van der Waals surface area contributed by atoms with Gasteiger partial charge >= 0.3 is 0 Å². The number of fused-ring (bicyclic) bond motifs is 1. The monoisotopic (exact) mass is 290 g/mol. The zero-order chi connectivity index (χ0) is 15.4. The summed E-state index contributed by atoms with van der Waals surface area (Å²) in [6, 6.07) is 4.65. The number of benzene rings is 1. The van der Waals surface area contributed by atoms with Crippen molar-refractivity contribution in [3.8, 4) is 0 Å². The third kappa shape index (κ3) is 3.36. The van der Waals surface area contributed by atoms with Gasteiger partial charge in [-0.15, -0.1) is 0 Å². The number of nitro groups is 1. The van der Waals surface area contributed by atoms with Crippen LogP contribution in [-0.2, 0) is 11.3 Å². The smallest absolute Gasteiger partial charge is 0.271 e. The number of non-ortho nitro benzene ring substituents is 1. The molecule has 0 saturated heterocycles. The van der Waals surface area contributed by atoms with Crippen molar-refractivity contribution in [2.24, 2.45) is 0 Å². The summed E-state index contributed by atoms with van der Waals surface area (Å²) in [6.07, 6.45) is 3.34. The standard InChI is InChI=1S/C14H18N4O3/c1-3-11(4-2)16-14(19)9-17-13-7-12(18(20)21)6-5-10(13)8-15-17/h5-8,11H,3-4,9H2,1-2H3,(H,16,19). The van der Waals surface area contributed by atoms with Gasteiger partial charge in [0.05, 0.1) is 16.6 Å². The Kier molecular flexibility index (Phi) is 4.52. The van der Waals surface area contributed by atoms with Crippen LogP contribution in [0.5, 0.6) is 0 Å². The Morgan fingerprint density at radius 2 is 2.14 bits per heavy atom. The highest BCUT2D eigenvalue weighted by atomic mass is 16.6. The molecular weight excluding hydrogens is 272 g/mol. The van der Waals surface area contributed by atoms with Crippen molar-refractivity contribution in [1.82, 2.24) is 15.1 Å². The van der Waals surface area contributed by atoms with Crippen LogP contribution in [0.25, 0.3) is 10.9 Å². The van der Waals surface area contributed by atoms with Gasteiger partial charge in [0.25, 0.3) is 5.69 Å². The second-order valence-electron chi connectivity index (χ2n) is 4.88. The summed E-state index contributed by atoms with van der Waals surface area (Å²) < 4.78 is 1.49. The Bertz CT molecular complexity index is 661. The summed E-state index contributed by atoms with van der Waals surface area (Å²) in [5.41, 5.74) is 0.577. The van der Waals surface area contributed by atoms with Crippen molar-refractivity contribution in [3.05, 3.63) is 34.5 Å². The van der Waals surface area contributed by atoms with Crippen molar-refractivity contribution in [2.45, 2.75) is 39.3 Å². The number of nitrogens with one attached hydrogen (secondary N) is 1. The topological polar surface area (TPSA) is 90.1 Å². The van der Waals surface area contributed by atoms with Crippen molar-refractivity contribution >= 4 is 22.5 Å². The molecule has 7 nitrogen and oxygen atoms in total. The zero-order valence-corrected chi connectivity index (χ0v) is 12.1. The van der Waals surface area contributed by atoms with E-state index < -0.39 is 4.92 Å². The molecular formula is C14H18N4O3. The number of hydrogen-bond donors (Lipinski definition) is 1. The van der Waals surface area contributed by atoms with Gasteiger partial charge in [0.1, 0.15) is 6.54 Å². The number of hydrogen-bond acceptors (Lipinski definition) is 4. The van der Waals surface area contributed by atoms with Crippen LogP contribution >= 0.6 is 0 Å². The normalized spacial score (nSPS) is 11.0. The maximum absolute atomic E-state index is 12.0. The van der Waals surface area contributed by atoms with Crippen LogP contribution in [0.2, 0.25) is 0 Å². The maximum atomic E-state index is 12.0. The Hall–Kier alpha value is -2.44. The van der Waals surface area contributed by atoms with Gasteiger partial charge in [0, 0.05) is 23.6 Å². The molecule has 0 spiro atoms. The minimum atomic E-state index is -0.457. The summed E-state index contributed by atoms with van der Waals surface area (Å²) in [4.78, 5) is 22.4. The molecule has 0 atom stereocenters. The minimum absolute atomic E-state index is 0.00958. The second kappa shape index (κ2) is 6.34. The highest BCUT2D eigenvalue weighted by Crippen LogP contribution is 2.20. The van der Waals surface area contributed by atoms with Gasteiger partial charge in [-0.2, -0.15) is 5.10 Å². The van der Waals surface area contributed by atoms with E-state index in [-0.39, 0.29) is 24.2 Å². The van der Waals surface area contributed by atoms with Crippen molar-refractivity contribution in [1.29, 1.82) is 0 Å². The van der Waals surface area contributed by atoms with E-state index in [1.165, 1.54) is 16.8 Å². The number of aromatic nitrogens is 2. The fourth-order valence-electron chi connectivity index (χ4n) is 2.20. The fourth-order valence-corrected chi connectivity index (χ4v) is 2.20. The molecule has 1 amide bonds. The molecule has 1 heterocycles. The molecule has 0 fully saturated rings. The second-order valence-corrected chi connectivity index (χ2v) is 4.88. The van der Waals surface area contributed by atoms with E-state index in [0.717, 1.165) is 18.2 Å². The minimum Gasteiger partial charge on any atom is -0.352 e. The Balaban J connectivity index is 2.20. The fraction of sp³-hybridized carbons (Fsp3) is 0.429. The van der Waals surface area contributed by atoms with Crippen LogP contribution < -0.4 is 5.32 Å². The van der Waals surface area contributed by atoms with E-state index in [9.17, 15) is 14.9 Å². The third-order valence-corrected chi connectivity index (χ3v) is 3.48. The largest absolute Gasteiger partial charge is 0.352 e. The third-order valence-electron chi connectivity index (χ3n) is 3.48. The number of nitro benzene ring substituents is 1. The predicted octanol–water partition coefficient (Wildman–Crippen LogP) is 2.25. The lowest BCUT2D eigenvalue weighted by atomic mass is 10.2.